The smallest absolute Gasteiger partial charge is 0.116 e. The molecule has 2 rings (SSSR count). The van der Waals surface area contributed by atoms with Crippen LogP contribution in [0.3, 0.4) is 0 Å². The first-order valence-electron chi connectivity index (χ1n) is 10.1. The molecular formula is C21H38N2O2. The van der Waals surface area contributed by atoms with Gasteiger partial charge in [0.15, 0.2) is 0 Å². The van der Waals surface area contributed by atoms with Crippen molar-refractivity contribution in [2.75, 3.05) is 13.7 Å². The number of aromatic nitrogens is 2. The summed E-state index contributed by atoms with van der Waals surface area (Å²) >= 11 is 0. The van der Waals surface area contributed by atoms with Crippen LogP contribution in [-0.4, -0.2) is 35.5 Å². The number of rotatable bonds is 10. The third kappa shape index (κ3) is 5.30. The van der Waals surface area contributed by atoms with Crippen LogP contribution in [0.25, 0.3) is 0 Å². The molecule has 0 aromatic carbocycles. The van der Waals surface area contributed by atoms with Crippen LogP contribution >= 0.6 is 0 Å². The maximum atomic E-state index is 6.37. The molecule has 0 spiro atoms. The third-order valence-corrected chi connectivity index (χ3v) is 5.81. The van der Waals surface area contributed by atoms with Crippen LogP contribution in [0, 0.1) is 5.41 Å². The number of imidazole rings is 1. The van der Waals surface area contributed by atoms with Crippen LogP contribution in [0.1, 0.15) is 83.9 Å². The Kier molecular flexibility index (Phi) is 7.95. The quantitative estimate of drug-likeness (QED) is 0.552. The van der Waals surface area contributed by atoms with Crippen molar-refractivity contribution in [3.63, 3.8) is 0 Å². The van der Waals surface area contributed by atoms with Gasteiger partial charge in [-0.15, -0.1) is 0 Å². The fourth-order valence-corrected chi connectivity index (χ4v) is 4.29. The normalized spacial score (nSPS) is 26.0. The van der Waals surface area contributed by atoms with Crippen molar-refractivity contribution in [3.05, 3.63) is 18.2 Å². The summed E-state index contributed by atoms with van der Waals surface area (Å²) in [5.41, 5.74) is 0.144. The van der Waals surface area contributed by atoms with E-state index in [1.165, 1.54) is 32.1 Å². The van der Waals surface area contributed by atoms with Crippen molar-refractivity contribution >= 4 is 0 Å². The molecule has 1 heterocycles. The highest BCUT2D eigenvalue weighted by Crippen LogP contribution is 2.46. The molecule has 1 aliphatic carbocycles. The maximum absolute atomic E-state index is 6.37. The number of ether oxygens (including phenoxy) is 2. The lowest BCUT2D eigenvalue weighted by Crippen LogP contribution is -2.48. The first kappa shape index (κ1) is 20.4. The minimum atomic E-state index is 0.136. The number of nitrogens with zero attached hydrogens (tertiary/aromatic N) is 2. The number of hydrogen-bond acceptors (Lipinski definition) is 3. The summed E-state index contributed by atoms with van der Waals surface area (Å²) in [5, 5.41) is 0. The van der Waals surface area contributed by atoms with Crippen LogP contribution in [0.4, 0.5) is 0 Å². The van der Waals surface area contributed by atoms with Gasteiger partial charge < -0.3 is 14.0 Å². The van der Waals surface area contributed by atoms with Gasteiger partial charge in [0, 0.05) is 33.2 Å². The standard InChI is InChI=1S/C21H38N2O2/c1-6-7-8-9-10-11-16-25-17-12-13-21(2,3)19(24-5)18(17)20-22-14-15-23(20)4/h14-15,17-19H,6-13,16H2,1-5H3/t17-,18-,19-/m1/s1. The molecule has 1 aliphatic rings. The van der Waals surface area contributed by atoms with Crippen molar-refractivity contribution in [2.24, 2.45) is 12.5 Å². The van der Waals surface area contributed by atoms with Gasteiger partial charge in [-0.25, -0.2) is 4.98 Å². The largest absolute Gasteiger partial charge is 0.380 e. The molecule has 1 aromatic heterocycles. The van der Waals surface area contributed by atoms with Crippen molar-refractivity contribution < 1.29 is 9.47 Å². The summed E-state index contributed by atoms with van der Waals surface area (Å²) in [6.07, 6.45) is 14.2. The van der Waals surface area contributed by atoms with Gasteiger partial charge in [0.1, 0.15) is 5.82 Å². The zero-order chi connectivity index (χ0) is 18.3. The van der Waals surface area contributed by atoms with Gasteiger partial charge >= 0.3 is 0 Å². The molecule has 4 heteroatoms. The van der Waals surface area contributed by atoms with E-state index in [1.54, 1.807) is 0 Å². The molecule has 0 radical (unpaired) electrons. The van der Waals surface area contributed by atoms with Crippen molar-refractivity contribution in [1.29, 1.82) is 0 Å². The molecule has 0 aliphatic heterocycles. The number of methoxy groups -OCH3 is 1. The van der Waals surface area contributed by atoms with Gasteiger partial charge in [-0.05, 0) is 24.7 Å². The lowest BCUT2D eigenvalue weighted by Gasteiger charge is -2.46. The van der Waals surface area contributed by atoms with Gasteiger partial charge in [-0.1, -0.05) is 52.9 Å². The molecule has 0 bridgehead atoms. The van der Waals surface area contributed by atoms with E-state index in [4.69, 9.17) is 9.47 Å². The molecule has 3 atom stereocenters. The van der Waals surface area contributed by atoms with Crippen LogP contribution in [0.5, 0.6) is 0 Å². The van der Waals surface area contributed by atoms with Gasteiger partial charge in [0.05, 0.1) is 18.1 Å². The lowest BCUT2D eigenvalue weighted by molar-refractivity contribution is -0.107. The van der Waals surface area contributed by atoms with Crippen molar-refractivity contribution in [1.82, 2.24) is 9.55 Å². The molecule has 0 saturated heterocycles. The van der Waals surface area contributed by atoms with E-state index < -0.39 is 0 Å². The highest BCUT2D eigenvalue weighted by Gasteiger charge is 2.47. The van der Waals surface area contributed by atoms with Gasteiger partial charge in [-0.2, -0.15) is 0 Å². The molecule has 0 amide bonds. The molecule has 25 heavy (non-hydrogen) atoms. The van der Waals surface area contributed by atoms with E-state index >= 15 is 0 Å². The van der Waals surface area contributed by atoms with Crippen molar-refractivity contribution in [3.8, 4) is 0 Å². The topological polar surface area (TPSA) is 36.3 Å². The minimum Gasteiger partial charge on any atom is -0.380 e. The Hall–Kier alpha value is -0.870. The highest BCUT2D eigenvalue weighted by atomic mass is 16.5. The Balaban J connectivity index is 1.97. The monoisotopic (exact) mass is 350 g/mol. The van der Waals surface area contributed by atoms with E-state index in [-0.39, 0.29) is 23.5 Å². The predicted octanol–water partition coefficient (Wildman–Crippen LogP) is 5.08. The summed E-state index contributed by atoms with van der Waals surface area (Å²) in [6, 6.07) is 0. The Labute approximate surface area is 154 Å². The van der Waals surface area contributed by atoms with Crippen LogP contribution in [0.15, 0.2) is 12.4 Å². The van der Waals surface area contributed by atoms with Gasteiger partial charge in [0.25, 0.3) is 0 Å². The zero-order valence-corrected chi connectivity index (χ0v) is 17.0. The highest BCUT2D eigenvalue weighted by molar-refractivity contribution is 5.11. The summed E-state index contributed by atoms with van der Waals surface area (Å²) in [4.78, 5) is 4.63. The van der Waals surface area contributed by atoms with Crippen molar-refractivity contribution in [2.45, 2.75) is 90.3 Å². The SMILES string of the molecule is CCCCCCCCO[C@@H]1CCC(C)(C)[C@H](OC)[C@@H]1c1nccn1C. The molecule has 1 saturated carbocycles. The fourth-order valence-electron chi connectivity index (χ4n) is 4.29. The van der Waals surface area contributed by atoms with Crippen LogP contribution in [-0.2, 0) is 16.5 Å². The average molecular weight is 351 g/mol. The number of hydrogen-bond donors (Lipinski definition) is 0. The van der Waals surface area contributed by atoms with E-state index in [2.05, 4.69) is 37.4 Å². The molecule has 1 aromatic rings. The van der Waals surface area contributed by atoms with E-state index in [0.717, 1.165) is 31.7 Å². The molecular weight excluding hydrogens is 312 g/mol. The second kappa shape index (κ2) is 9.72. The Morgan fingerprint density at radius 1 is 1.20 bits per heavy atom. The lowest BCUT2D eigenvalue weighted by atomic mass is 9.67. The van der Waals surface area contributed by atoms with E-state index in [9.17, 15) is 0 Å². The first-order valence-corrected chi connectivity index (χ1v) is 10.1. The predicted molar refractivity (Wildman–Crippen MR) is 103 cm³/mol. The summed E-state index contributed by atoms with van der Waals surface area (Å²) in [7, 11) is 3.90. The average Bonchev–Trinajstić information content (AvgIpc) is 3.00. The third-order valence-electron chi connectivity index (χ3n) is 5.81. The minimum absolute atomic E-state index is 0.136. The van der Waals surface area contributed by atoms with Crippen LogP contribution < -0.4 is 0 Å². The fraction of sp³-hybridized carbons (Fsp3) is 0.857. The van der Waals surface area contributed by atoms with Gasteiger partial charge in [0.2, 0.25) is 0 Å². The number of aryl methyl sites for hydroxylation is 1. The second-order valence-electron chi connectivity index (χ2n) is 8.28. The molecule has 0 N–H and O–H groups in total. The van der Waals surface area contributed by atoms with Gasteiger partial charge in [-0.3, -0.25) is 0 Å². The second-order valence-corrected chi connectivity index (χ2v) is 8.28. The van der Waals surface area contributed by atoms with E-state index in [1.807, 2.05) is 19.5 Å². The maximum Gasteiger partial charge on any atom is 0.116 e. The van der Waals surface area contributed by atoms with Crippen LogP contribution in [0.2, 0.25) is 0 Å². The summed E-state index contributed by atoms with van der Waals surface area (Å²) in [6.45, 7) is 7.73. The Morgan fingerprint density at radius 2 is 1.92 bits per heavy atom. The van der Waals surface area contributed by atoms with E-state index in [0.29, 0.717) is 0 Å². The number of unbranched alkanes of at least 4 members (excludes halogenated alkanes) is 5. The first-order chi connectivity index (χ1) is 12.0. The zero-order valence-electron chi connectivity index (χ0n) is 17.0. The molecule has 0 unspecified atom stereocenters. The Bertz CT molecular complexity index is 498. The molecule has 4 nitrogen and oxygen atoms in total. The molecule has 144 valence electrons. The molecule has 1 fully saturated rings. The Morgan fingerprint density at radius 3 is 2.56 bits per heavy atom. The summed E-state index contributed by atoms with van der Waals surface area (Å²) < 4.78 is 14.5. The summed E-state index contributed by atoms with van der Waals surface area (Å²) in [5.74, 6) is 1.29.